The van der Waals surface area contributed by atoms with Gasteiger partial charge in [-0.2, -0.15) is 0 Å². The van der Waals surface area contributed by atoms with Gasteiger partial charge in [0.2, 0.25) is 0 Å². The normalized spacial score (nSPS) is 13.5. The second kappa shape index (κ2) is 6.72. The molecule has 1 atom stereocenters. The van der Waals surface area contributed by atoms with Crippen LogP contribution in [-0.4, -0.2) is 20.4 Å². The minimum absolute atomic E-state index is 0.00542. The molecule has 0 aliphatic rings. The largest absolute Gasteiger partial charge is 0.350 e. The maximum atomic E-state index is 11.9. The Bertz CT molecular complexity index is 537. The molecule has 0 aliphatic heterocycles. The summed E-state index contributed by atoms with van der Waals surface area (Å²) in [7, 11) is 1.46. The molecule has 4 nitrogen and oxygen atoms in total. The molecule has 108 valence electrons. The highest BCUT2D eigenvalue weighted by Crippen LogP contribution is 2.23. The van der Waals surface area contributed by atoms with E-state index in [0.29, 0.717) is 11.5 Å². The number of thiophene rings is 1. The molecular formula is C12H18ClNO3S2. The molecule has 7 heteroatoms. The van der Waals surface area contributed by atoms with Gasteiger partial charge in [0.25, 0.3) is 15.0 Å². The molecule has 0 spiro atoms. The van der Waals surface area contributed by atoms with Crippen LogP contribution in [0.25, 0.3) is 0 Å². The van der Waals surface area contributed by atoms with Crippen molar-refractivity contribution in [1.82, 2.24) is 5.32 Å². The molecule has 0 radical (unpaired) electrons. The van der Waals surface area contributed by atoms with Crippen LogP contribution in [0.5, 0.6) is 0 Å². The second-order valence-corrected chi connectivity index (χ2v) is 8.64. The number of hydrogen-bond acceptors (Lipinski definition) is 4. The van der Waals surface area contributed by atoms with E-state index in [9.17, 15) is 13.2 Å². The number of hydrogen-bond donors (Lipinski definition) is 1. The zero-order valence-electron chi connectivity index (χ0n) is 11.1. The van der Waals surface area contributed by atoms with Crippen LogP contribution in [0.1, 0.15) is 44.0 Å². The van der Waals surface area contributed by atoms with E-state index in [0.717, 1.165) is 24.2 Å². The molecule has 0 saturated heterocycles. The summed E-state index contributed by atoms with van der Waals surface area (Å²) in [4.78, 5) is 11.9. The Morgan fingerprint density at radius 3 is 2.47 bits per heavy atom. The van der Waals surface area contributed by atoms with Crippen molar-refractivity contribution in [2.24, 2.45) is 5.92 Å². The van der Waals surface area contributed by atoms with Gasteiger partial charge in [0, 0.05) is 22.1 Å². The topological polar surface area (TPSA) is 63.2 Å². The summed E-state index contributed by atoms with van der Waals surface area (Å²) in [5.41, 5.74) is 0.334. The fraction of sp³-hybridized carbons (Fsp3) is 0.583. The van der Waals surface area contributed by atoms with Crippen LogP contribution in [-0.2, 0) is 9.05 Å². The molecule has 1 N–H and O–H groups in total. The van der Waals surface area contributed by atoms with Crippen LogP contribution in [0.15, 0.2) is 15.7 Å². The Morgan fingerprint density at radius 2 is 2.00 bits per heavy atom. The molecule has 1 amide bonds. The number of rotatable bonds is 6. The lowest BCUT2D eigenvalue weighted by atomic mass is 10.0. The van der Waals surface area contributed by atoms with Gasteiger partial charge >= 0.3 is 0 Å². The van der Waals surface area contributed by atoms with E-state index in [1.165, 1.54) is 11.4 Å². The van der Waals surface area contributed by atoms with Gasteiger partial charge in [-0.25, -0.2) is 8.42 Å². The van der Waals surface area contributed by atoms with Gasteiger partial charge < -0.3 is 5.32 Å². The lowest BCUT2D eigenvalue weighted by molar-refractivity contribution is 0.0937. The molecule has 0 fully saturated rings. The summed E-state index contributed by atoms with van der Waals surface area (Å²) in [5.74, 6) is 0.326. The summed E-state index contributed by atoms with van der Waals surface area (Å²) in [5, 5.41) is 4.35. The van der Waals surface area contributed by atoms with Crippen LogP contribution in [0, 0.1) is 5.92 Å². The second-order valence-electron chi connectivity index (χ2n) is 4.94. The number of carbonyl (C=O) groups is 1. The first-order chi connectivity index (χ1) is 8.70. The van der Waals surface area contributed by atoms with Gasteiger partial charge in [-0.1, -0.05) is 13.8 Å². The minimum Gasteiger partial charge on any atom is -0.350 e. The minimum atomic E-state index is -3.75. The fourth-order valence-electron chi connectivity index (χ4n) is 1.53. The van der Waals surface area contributed by atoms with E-state index in [-0.39, 0.29) is 16.2 Å². The number of halogens is 1. The molecule has 1 unspecified atom stereocenters. The molecular weight excluding hydrogens is 306 g/mol. The number of nitrogens with one attached hydrogen (secondary N) is 1. The van der Waals surface area contributed by atoms with Crippen LogP contribution in [0.4, 0.5) is 0 Å². The van der Waals surface area contributed by atoms with Crippen molar-refractivity contribution in [3.8, 4) is 0 Å². The van der Waals surface area contributed by atoms with Crippen molar-refractivity contribution < 1.29 is 13.2 Å². The summed E-state index contributed by atoms with van der Waals surface area (Å²) >= 11 is 0.949. The average molecular weight is 324 g/mol. The highest BCUT2D eigenvalue weighted by Gasteiger charge is 2.17. The molecule has 0 aliphatic carbocycles. The third kappa shape index (κ3) is 5.50. The maximum Gasteiger partial charge on any atom is 0.270 e. The van der Waals surface area contributed by atoms with Crippen LogP contribution < -0.4 is 5.32 Å². The lowest BCUT2D eigenvalue weighted by Gasteiger charge is -2.14. The van der Waals surface area contributed by atoms with Gasteiger partial charge in [0.1, 0.15) is 4.21 Å². The first-order valence-corrected chi connectivity index (χ1v) is 9.23. The molecule has 1 heterocycles. The van der Waals surface area contributed by atoms with E-state index in [1.54, 1.807) is 0 Å². The zero-order chi connectivity index (χ0) is 14.6. The SMILES string of the molecule is CC(C)CCC(C)NC(=O)c1csc(S(=O)(=O)Cl)c1. The van der Waals surface area contributed by atoms with E-state index < -0.39 is 9.05 Å². The standard InChI is InChI=1S/C12H18ClNO3S2/c1-8(2)4-5-9(3)14-12(15)10-6-11(18-7-10)19(13,16)17/h6-9H,4-5H2,1-3H3,(H,14,15). The van der Waals surface area contributed by atoms with Gasteiger partial charge in [-0.3, -0.25) is 4.79 Å². The predicted molar refractivity (Wildman–Crippen MR) is 78.4 cm³/mol. The third-order valence-electron chi connectivity index (χ3n) is 2.63. The Kier molecular flexibility index (Phi) is 5.82. The highest BCUT2D eigenvalue weighted by molar-refractivity contribution is 8.15. The van der Waals surface area contributed by atoms with Crippen molar-refractivity contribution in [1.29, 1.82) is 0 Å². The van der Waals surface area contributed by atoms with Crippen LogP contribution in [0.2, 0.25) is 0 Å². The Morgan fingerprint density at radius 1 is 1.37 bits per heavy atom. The Hall–Kier alpha value is -0.590. The summed E-state index contributed by atoms with van der Waals surface area (Å²) in [6.07, 6.45) is 1.93. The maximum absolute atomic E-state index is 11.9. The van der Waals surface area contributed by atoms with E-state index in [1.807, 2.05) is 6.92 Å². The number of amides is 1. The third-order valence-corrected chi connectivity index (χ3v) is 5.67. The van der Waals surface area contributed by atoms with Crippen molar-refractivity contribution in [2.75, 3.05) is 0 Å². The van der Waals surface area contributed by atoms with Gasteiger partial charge in [0.15, 0.2) is 0 Å². The first kappa shape index (κ1) is 16.5. The van der Waals surface area contributed by atoms with Gasteiger partial charge in [-0.05, 0) is 31.7 Å². The molecule has 1 aromatic heterocycles. The highest BCUT2D eigenvalue weighted by atomic mass is 35.7. The Labute approximate surface area is 122 Å². The van der Waals surface area contributed by atoms with Gasteiger partial charge in [-0.15, -0.1) is 11.3 Å². The smallest absolute Gasteiger partial charge is 0.270 e. The number of carbonyl (C=O) groups excluding carboxylic acids is 1. The van der Waals surface area contributed by atoms with Crippen molar-refractivity contribution in [3.63, 3.8) is 0 Å². The molecule has 19 heavy (non-hydrogen) atoms. The summed E-state index contributed by atoms with van der Waals surface area (Å²) in [6, 6.07) is 1.36. The van der Waals surface area contributed by atoms with Gasteiger partial charge in [0.05, 0.1) is 5.56 Å². The Balaban J connectivity index is 2.61. The quantitative estimate of drug-likeness (QED) is 0.817. The van der Waals surface area contributed by atoms with Crippen molar-refractivity contribution in [3.05, 3.63) is 17.0 Å². The fourth-order valence-corrected chi connectivity index (χ4v) is 3.47. The molecule has 0 bridgehead atoms. The lowest BCUT2D eigenvalue weighted by Crippen LogP contribution is -2.32. The zero-order valence-corrected chi connectivity index (χ0v) is 13.5. The van der Waals surface area contributed by atoms with Crippen molar-refractivity contribution in [2.45, 2.75) is 43.9 Å². The molecule has 0 aromatic carbocycles. The van der Waals surface area contributed by atoms with Crippen molar-refractivity contribution >= 4 is 37.0 Å². The molecule has 0 saturated carbocycles. The predicted octanol–water partition coefficient (Wildman–Crippen LogP) is 3.23. The molecule has 1 rings (SSSR count). The van der Waals surface area contributed by atoms with E-state index in [2.05, 4.69) is 19.2 Å². The van der Waals surface area contributed by atoms with E-state index in [4.69, 9.17) is 10.7 Å². The average Bonchev–Trinajstić information content (AvgIpc) is 2.75. The van der Waals surface area contributed by atoms with E-state index >= 15 is 0 Å². The monoisotopic (exact) mass is 323 g/mol. The first-order valence-electron chi connectivity index (χ1n) is 6.04. The summed E-state index contributed by atoms with van der Waals surface area (Å²) < 4.78 is 22.2. The van der Waals surface area contributed by atoms with Crippen LogP contribution >= 0.6 is 22.0 Å². The van der Waals surface area contributed by atoms with Crippen LogP contribution in [0.3, 0.4) is 0 Å². The molecule has 1 aromatic rings. The summed E-state index contributed by atoms with van der Waals surface area (Å²) in [6.45, 7) is 6.20.